The lowest BCUT2D eigenvalue weighted by Gasteiger charge is -2.23. The van der Waals surface area contributed by atoms with Crippen molar-refractivity contribution < 1.29 is 4.79 Å². The summed E-state index contributed by atoms with van der Waals surface area (Å²) in [6.45, 7) is 4.32. The van der Waals surface area contributed by atoms with E-state index < -0.39 is 0 Å². The molecule has 1 amide bonds. The Hall–Kier alpha value is -3.16. The Kier molecular flexibility index (Phi) is 4.39. The number of carbonyl (C=O) groups is 1. The van der Waals surface area contributed by atoms with Crippen LogP contribution in [0, 0.1) is 0 Å². The molecule has 27 heavy (non-hydrogen) atoms. The Balaban J connectivity index is 1.87. The van der Waals surface area contributed by atoms with Crippen molar-refractivity contribution in [3.63, 3.8) is 0 Å². The van der Waals surface area contributed by atoms with Crippen molar-refractivity contribution in [2.45, 2.75) is 19.8 Å². The Morgan fingerprint density at radius 1 is 1.19 bits per heavy atom. The number of hydrogen-bond donors (Lipinski definition) is 1. The molecule has 8 nitrogen and oxygen atoms in total. The van der Waals surface area contributed by atoms with E-state index in [9.17, 15) is 9.59 Å². The lowest BCUT2D eigenvalue weighted by molar-refractivity contribution is 0.0804. The molecule has 0 unspecified atom stereocenters. The van der Waals surface area contributed by atoms with Crippen LogP contribution in [0.4, 0.5) is 5.82 Å². The van der Waals surface area contributed by atoms with Gasteiger partial charge in [0.2, 0.25) is 0 Å². The molecule has 0 spiro atoms. The fourth-order valence-electron chi connectivity index (χ4n) is 3.39. The first-order chi connectivity index (χ1) is 13.1. The number of unbranched alkanes of at least 4 members (excludes halogenated alkanes) is 1. The van der Waals surface area contributed by atoms with E-state index in [1.54, 1.807) is 36.3 Å². The van der Waals surface area contributed by atoms with Gasteiger partial charge in [0.05, 0.1) is 11.1 Å². The van der Waals surface area contributed by atoms with Gasteiger partial charge in [-0.05, 0) is 30.7 Å². The van der Waals surface area contributed by atoms with Gasteiger partial charge >= 0.3 is 5.69 Å². The summed E-state index contributed by atoms with van der Waals surface area (Å²) < 4.78 is 1.50. The van der Waals surface area contributed by atoms with Gasteiger partial charge in [-0.3, -0.25) is 9.78 Å². The molecule has 0 aliphatic carbocycles. The summed E-state index contributed by atoms with van der Waals surface area (Å²) in [4.78, 5) is 40.7. The minimum atomic E-state index is -0.298. The summed E-state index contributed by atoms with van der Waals surface area (Å²) in [7, 11) is 1.80. The Morgan fingerprint density at radius 2 is 2.04 bits per heavy atom. The number of rotatable bonds is 4. The van der Waals surface area contributed by atoms with Crippen molar-refractivity contribution in [2.24, 2.45) is 0 Å². The zero-order valence-corrected chi connectivity index (χ0v) is 15.5. The number of nitrogens with one attached hydrogen (secondary N) is 1. The van der Waals surface area contributed by atoms with Crippen LogP contribution >= 0.6 is 0 Å². The first-order valence-electron chi connectivity index (χ1n) is 9.17. The predicted molar refractivity (Wildman–Crippen MR) is 104 cm³/mol. The number of H-pyrrole nitrogens is 1. The molecule has 8 heteroatoms. The van der Waals surface area contributed by atoms with Gasteiger partial charge in [-0.25, -0.2) is 19.3 Å². The van der Waals surface area contributed by atoms with E-state index in [0.717, 1.165) is 25.9 Å². The molecule has 140 valence electrons. The minimum Gasteiger partial charge on any atom is -0.354 e. The van der Waals surface area contributed by atoms with E-state index in [1.165, 1.54) is 4.57 Å². The molecule has 0 atom stereocenters. The summed E-state index contributed by atoms with van der Waals surface area (Å²) in [5, 5.41) is 0. The van der Waals surface area contributed by atoms with Crippen LogP contribution in [-0.4, -0.2) is 57.0 Å². The fourth-order valence-corrected chi connectivity index (χ4v) is 3.39. The van der Waals surface area contributed by atoms with Gasteiger partial charge in [-0.15, -0.1) is 0 Å². The number of anilines is 1. The second-order valence-corrected chi connectivity index (χ2v) is 6.74. The highest BCUT2D eigenvalue weighted by atomic mass is 16.2. The molecule has 3 aromatic heterocycles. The van der Waals surface area contributed by atoms with Crippen molar-refractivity contribution in [1.82, 2.24) is 24.4 Å². The maximum absolute atomic E-state index is 12.7. The molecule has 0 bridgehead atoms. The lowest BCUT2D eigenvalue weighted by atomic mass is 10.2. The monoisotopic (exact) mass is 366 g/mol. The molecule has 0 saturated carbocycles. The summed E-state index contributed by atoms with van der Waals surface area (Å²) >= 11 is 0. The van der Waals surface area contributed by atoms with Gasteiger partial charge in [0, 0.05) is 32.9 Å². The van der Waals surface area contributed by atoms with E-state index in [0.29, 0.717) is 34.9 Å². The quantitative estimate of drug-likeness (QED) is 0.761. The molecular weight excluding hydrogens is 344 g/mol. The van der Waals surface area contributed by atoms with E-state index in [2.05, 4.69) is 21.8 Å². The number of likely N-dealkylation sites (N-methyl/N-ethyl adjacent to an activating group) is 1. The van der Waals surface area contributed by atoms with Crippen LogP contribution in [0.25, 0.3) is 17.0 Å². The molecule has 4 rings (SSSR count). The van der Waals surface area contributed by atoms with Crippen LogP contribution in [0.1, 0.15) is 30.1 Å². The van der Waals surface area contributed by atoms with E-state index in [4.69, 9.17) is 4.98 Å². The Bertz CT molecular complexity index is 1050. The largest absolute Gasteiger partial charge is 0.354 e. The fraction of sp³-hybridized carbons (Fsp3) is 0.368. The molecule has 3 aromatic rings. The SMILES string of the molecule is CCCCN1CCN(C)C(=O)c2ccc(-n3c(=O)[nH]c4ncccc43)nc21. The van der Waals surface area contributed by atoms with Crippen LogP contribution < -0.4 is 10.6 Å². The molecule has 1 aliphatic heterocycles. The average molecular weight is 366 g/mol. The van der Waals surface area contributed by atoms with Crippen molar-refractivity contribution in [3.8, 4) is 5.82 Å². The highest BCUT2D eigenvalue weighted by molar-refractivity contribution is 5.99. The van der Waals surface area contributed by atoms with E-state index in [1.807, 2.05) is 6.07 Å². The third-order valence-electron chi connectivity index (χ3n) is 4.91. The molecule has 4 heterocycles. The summed E-state index contributed by atoms with van der Waals surface area (Å²) in [5.41, 5.74) is 1.44. The van der Waals surface area contributed by atoms with Gasteiger partial charge in [0.1, 0.15) is 11.6 Å². The second-order valence-electron chi connectivity index (χ2n) is 6.74. The number of carbonyl (C=O) groups excluding carboxylic acids is 1. The predicted octanol–water partition coefficient (Wildman–Crippen LogP) is 1.80. The molecule has 0 aromatic carbocycles. The number of pyridine rings is 2. The third kappa shape index (κ3) is 2.97. The molecular formula is C19H22N6O2. The zero-order chi connectivity index (χ0) is 19.0. The van der Waals surface area contributed by atoms with Crippen molar-refractivity contribution in [2.75, 3.05) is 31.6 Å². The van der Waals surface area contributed by atoms with Gasteiger partial charge in [-0.1, -0.05) is 13.3 Å². The van der Waals surface area contributed by atoms with Gasteiger partial charge in [0.15, 0.2) is 5.65 Å². The van der Waals surface area contributed by atoms with Gasteiger partial charge < -0.3 is 9.80 Å². The zero-order valence-electron chi connectivity index (χ0n) is 15.5. The first-order valence-corrected chi connectivity index (χ1v) is 9.17. The van der Waals surface area contributed by atoms with Gasteiger partial charge in [0.25, 0.3) is 5.91 Å². The first kappa shape index (κ1) is 17.3. The number of nitrogens with zero attached hydrogens (tertiary/aromatic N) is 5. The average Bonchev–Trinajstić information content (AvgIpc) is 2.96. The van der Waals surface area contributed by atoms with Crippen molar-refractivity contribution >= 4 is 22.9 Å². The highest BCUT2D eigenvalue weighted by Crippen LogP contribution is 2.25. The molecule has 0 saturated heterocycles. The smallest absolute Gasteiger partial charge is 0.333 e. The molecule has 0 fully saturated rings. The highest BCUT2D eigenvalue weighted by Gasteiger charge is 2.26. The number of imidazole rings is 1. The Labute approximate surface area is 156 Å². The number of hydrogen-bond acceptors (Lipinski definition) is 5. The number of amides is 1. The summed E-state index contributed by atoms with van der Waals surface area (Å²) in [5.74, 6) is 1.08. The van der Waals surface area contributed by atoms with Crippen LogP contribution in [0.2, 0.25) is 0 Å². The van der Waals surface area contributed by atoms with Crippen LogP contribution in [0.15, 0.2) is 35.3 Å². The number of fused-ring (bicyclic) bond motifs is 2. The minimum absolute atomic E-state index is 0.0454. The van der Waals surface area contributed by atoms with Crippen LogP contribution in [-0.2, 0) is 0 Å². The van der Waals surface area contributed by atoms with Crippen molar-refractivity contribution in [3.05, 3.63) is 46.5 Å². The van der Waals surface area contributed by atoms with Crippen LogP contribution in [0.5, 0.6) is 0 Å². The Morgan fingerprint density at radius 3 is 2.85 bits per heavy atom. The maximum Gasteiger partial charge on any atom is 0.333 e. The van der Waals surface area contributed by atoms with Crippen LogP contribution in [0.3, 0.4) is 0 Å². The summed E-state index contributed by atoms with van der Waals surface area (Å²) in [6, 6.07) is 7.08. The third-order valence-corrected chi connectivity index (χ3v) is 4.91. The lowest BCUT2D eigenvalue weighted by Crippen LogP contribution is -2.32. The number of aromatic amines is 1. The van der Waals surface area contributed by atoms with E-state index in [-0.39, 0.29) is 11.6 Å². The van der Waals surface area contributed by atoms with Gasteiger partial charge in [-0.2, -0.15) is 0 Å². The molecule has 1 N–H and O–H groups in total. The van der Waals surface area contributed by atoms with E-state index >= 15 is 0 Å². The molecule has 0 radical (unpaired) electrons. The standard InChI is InChI=1S/C19H22N6O2/c1-3-4-10-24-12-11-23(2)18(26)13-7-8-15(21-17(13)24)25-14-6-5-9-20-16(14)22-19(25)27/h5-9H,3-4,10-12H2,1-2H3,(H,20,22,27). The van der Waals surface area contributed by atoms with Crippen molar-refractivity contribution in [1.29, 1.82) is 0 Å². The molecule has 1 aliphatic rings. The summed E-state index contributed by atoms with van der Waals surface area (Å²) in [6.07, 6.45) is 3.71. The second kappa shape index (κ2) is 6.86. The topological polar surface area (TPSA) is 87.1 Å². The maximum atomic E-state index is 12.7. The number of aromatic nitrogens is 4. The normalized spacial score (nSPS) is 14.5.